The monoisotopic (exact) mass is 245 g/mol. The molecule has 0 spiro atoms. The average Bonchev–Trinajstić information content (AvgIpc) is 2.80. The number of hydrogen-bond donors (Lipinski definition) is 1. The molecular weight excluding hydrogens is 231 g/mol. The first-order chi connectivity index (χ1) is 8.02. The first kappa shape index (κ1) is 12.2. The standard InChI is InChI=1S/C12H14F3NO/c1-17-11-5-4-8(12(13,14)15)7-9(11)10-3-2-6-16-10/h4-5,7,10,16H,2-3,6H2,1H3/t10-/m0/s1. The largest absolute Gasteiger partial charge is 0.496 e. The van der Waals surface area contributed by atoms with Crippen molar-refractivity contribution in [1.29, 1.82) is 0 Å². The van der Waals surface area contributed by atoms with Gasteiger partial charge in [0.25, 0.3) is 0 Å². The fraction of sp³-hybridized carbons (Fsp3) is 0.500. The summed E-state index contributed by atoms with van der Waals surface area (Å²) in [5, 5.41) is 3.18. The van der Waals surface area contributed by atoms with Crippen LogP contribution >= 0.6 is 0 Å². The average molecular weight is 245 g/mol. The summed E-state index contributed by atoms with van der Waals surface area (Å²) < 4.78 is 43.0. The summed E-state index contributed by atoms with van der Waals surface area (Å²) in [4.78, 5) is 0. The summed E-state index contributed by atoms with van der Waals surface area (Å²) >= 11 is 0. The molecule has 1 saturated heterocycles. The van der Waals surface area contributed by atoms with E-state index in [-0.39, 0.29) is 6.04 Å². The zero-order chi connectivity index (χ0) is 12.5. The Labute approximate surface area is 97.8 Å². The Balaban J connectivity index is 2.39. The molecule has 0 bridgehead atoms. The number of benzene rings is 1. The molecule has 94 valence electrons. The van der Waals surface area contributed by atoms with Gasteiger partial charge < -0.3 is 10.1 Å². The van der Waals surface area contributed by atoms with Crippen molar-refractivity contribution in [3.8, 4) is 5.75 Å². The summed E-state index contributed by atoms with van der Waals surface area (Å²) in [6.45, 7) is 0.837. The summed E-state index contributed by atoms with van der Waals surface area (Å²) in [5.41, 5.74) is -0.0261. The van der Waals surface area contributed by atoms with Crippen LogP contribution in [0, 0.1) is 0 Å². The van der Waals surface area contributed by atoms with Gasteiger partial charge in [-0.25, -0.2) is 0 Å². The quantitative estimate of drug-likeness (QED) is 0.864. The normalized spacial score (nSPS) is 20.6. The van der Waals surface area contributed by atoms with Gasteiger partial charge in [0.1, 0.15) is 5.75 Å². The summed E-state index contributed by atoms with van der Waals surface area (Å²) in [6.07, 6.45) is -2.48. The molecule has 2 nitrogen and oxygen atoms in total. The van der Waals surface area contributed by atoms with Crippen LogP contribution in [0.3, 0.4) is 0 Å². The molecule has 1 fully saturated rings. The van der Waals surface area contributed by atoms with E-state index in [1.807, 2.05) is 0 Å². The lowest BCUT2D eigenvalue weighted by atomic mass is 10.0. The molecular formula is C12H14F3NO. The highest BCUT2D eigenvalue weighted by atomic mass is 19.4. The molecule has 1 aromatic carbocycles. The maximum Gasteiger partial charge on any atom is 0.416 e. The number of hydrogen-bond acceptors (Lipinski definition) is 2. The van der Waals surface area contributed by atoms with E-state index in [1.165, 1.54) is 19.2 Å². The minimum Gasteiger partial charge on any atom is -0.496 e. The van der Waals surface area contributed by atoms with Crippen LogP contribution in [0.1, 0.15) is 30.0 Å². The number of ether oxygens (including phenoxy) is 1. The highest BCUT2D eigenvalue weighted by Gasteiger charge is 2.32. The third kappa shape index (κ3) is 2.54. The van der Waals surface area contributed by atoms with E-state index < -0.39 is 11.7 Å². The molecule has 0 saturated carbocycles. The Morgan fingerprint density at radius 3 is 2.65 bits per heavy atom. The van der Waals surface area contributed by atoms with Crippen LogP contribution in [-0.4, -0.2) is 13.7 Å². The van der Waals surface area contributed by atoms with Gasteiger partial charge in [0, 0.05) is 11.6 Å². The Hall–Kier alpha value is -1.23. The Bertz CT molecular complexity index is 397. The zero-order valence-corrected chi connectivity index (χ0v) is 9.47. The van der Waals surface area contributed by atoms with Crippen LogP contribution in [0.25, 0.3) is 0 Å². The molecule has 17 heavy (non-hydrogen) atoms. The molecule has 0 aromatic heterocycles. The number of methoxy groups -OCH3 is 1. The van der Waals surface area contributed by atoms with Gasteiger partial charge in [-0.3, -0.25) is 0 Å². The second kappa shape index (κ2) is 4.56. The highest BCUT2D eigenvalue weighted by Crippen LogP contribution is 2.36. The Morgan fingerprint density at radius 1 is 1.35 bits per heavy atom. The molecule has 1 aliphatic rings. The van der Waals surface area contributed by atoms with Crippen molar-refractivity contribution in [2.75, 3.05) is 13.7 Å². The second-order valence-electron chi connectivity index (χ2n) is 4.10. The lowest BCUT2D eigenvalue weighted by Gasteiger charge is -2.17. The van der Waals surface area contributed by atoms with Crippen molar-refractivity contribution < 1.29 is 17.9 Å². The molecule has 1 N–H and O–H groups in total. The molecule has 1 aromatic rings. The Morgan fingerprint density at radius 2 is 2.12 bits per heavy atom. The van der Waals surface area contributed by atoms with Crippen LogP contribution in [0.5, 0.6) is 5.75 Å². The van der Waals surface area contributed by atoms with Crippen molar-refractivity contribution in [3.63, 3.8) is 0 Å². The van der Waals surface area contributed by atoms with Gasteiger partial charge in [-0.1, -0.05) is 0 Å². The van der Waals surface area contributed by atoms with E-state index in [4.69, 9.17) is 4.74 Å². The maximum atomic E-state index is 12.6. The number of rotatable bonds is 2. The summed E-state index contributed by atoms with van der Waals surface area (Å²) in [5.74, 6) is 0.511. The van der Waals surface area contributed by atoms with Crippen molar-refractivity contribution in [2.45, 2.75) is 25.1 Å². The fourth-order valence-electron chi connectivity index (χ4n) is 2.13. The molecule has 0 unspecified atom stereocenters. The molecule has 1 aliphatic heterocycles. The SMILES string of the molecule is COc1ccc(C(F)(F)F)cc1[C@@H]1CCCN1. The molecule has 0 radical (unpaired) electrons. The Kier molecular flexibility index (Phi) is 3.28. The lowest BCUT2D eigenvalue weighted by molar-refractivity contribution is -0.137. The van der Waals surface area contributed by atoms with Crippen LogP contribution in [0.2, 0.25) is 0 Å². The fourth-order valence-corrected chi connectivity index (χ4v) is 2.13. The highest BCUT2D eigenvalue weighted by molar-refractivity contribution is 5.40. The van der Waals surface area contributed by atoms with E-state index in [0.29, 0.717) is 11.3 Å². The van der Waals surface area contributed by atoms with Gasteiger partial charge in [0.05, 0.1) is 12.7 Å². The van der Waals surface area contributed by atoms with Crippen molar-refractivity contribution >= 4 is 0 Å². The third-order valence-corrected chi connectivity index (χ3v) is 2.99. The van der Waals surface area contributed by atoms with Gasteiger partial charge in [0.15, 0.2) is 0 Å². The number of nitrogens with one attached hydrogen (secondary N) is 1. The van der Waals surface area contributed by atoms with Gasteiger partial charge in [-0.2, -0.15) is 13.2 Å². The van der Waals surface area contributed by atoms with Gasteiger partial charge in [-0.05, 0) is 37.6 Å². The van der Waals surface area contributed by atoms with E-state index in [1.54, 1.807) is 0 Å². The maximum absolute atomic E-state index is 12.6. The second-order valence-corrected chi connectivity index (χ2v) is 4.10. The van der Waals surface area contributed by atoms with Crippen LogP contribution in [-0.2, 0) is 6.18 Å². The summed E-state index contributed by atoms with van der Waals surface area (Å²) in [6, 6.07) is 3.59. The predicted molar refractivity (Wildman–Crippen MR) is 58.0 cm³/mol. The van der Waals surface area contributed by atoms with Crippen molar-refractivity contribution in [2.24, 2.45) is 0 Å². The van der Waals surface area contributed by atoms with Crippen LogP contribution < -0.4 is 10.1 Å². The van der Waals surface area contributed by atoms with Crippen molar-refractivity contribution in [1.82, 2.24) is 5.32 Å². The number of halogens is 3. The van der Waals surface area contributed by atoms with Crippen molar-refractivity contribution in [3.05, 3.63) is 29.3 Å². The molecule has 5 heteroatoms. The zero-order valence-electron chi connectivity index (χ0n) is 9.47. The van der Waals surface area contributed by atoms with Gasteiger partial charge >= 0.3 is 6.18 Å². The minimum atomic E-state index is -4.31. The first-order valence-corrected chi connectivity index (χ1v) is 5.51. The third-order valence-electron chi connectivity index (χ3n) is 2.99. The minimum absolute atomic E-state index is 0.0350. The summed E-state index contributed by atoms with van der Waals surface area (Å²) in [7, 11) is 1.47. The van der Waals surface area contributed by atoms with Gasteiger partial charge in [0.2, 0.25) is 0 Å². The molecule has 0 amide bonds. The first-order valence-electron chi connectivity index (χ1n) is 5.51. The van der Waals surface area contributed by atoms with Gasteiger partial charge in [-0.15, -0.1) is 0 Å². The lowest BCUT2D eigenvalue weighted by Crippen LogP contribution is -2.15. The van der Waals surface area contributed by atoms with Crippen LogP contribution in [0.15, 0.2) is 18.2 Å². The number of alkyl halides is 3. The molecule has 2 rings (SSSR count). The smallest absolute Gasteiger partial charge is 0.416 e. The van der Waals surface area contributed by atoms with Crippen LogP contribution in [0.4, 0.5) is 13.2 Å². The van der Waals surface area contributed by atoms with E-state index >= 15 is 0 Å². The molecule has 0 aliphatic carbocycles. The van der Waals surface area contributed by atoms with E-state index in [9.17, 15) is 13.2 Å². The topological polar surface area (TPSA) is 21.3 Å². The molecule has 1 atom stereocenters. The molecule has 1 heterocycles. The van der Waals surface area contributed by atoms with E-state index in [0.717, 1.165) is 25.5 Å². The van der Waals surface area contributed by atoms with E-state index in [2.05, 4.69) is 5.32 Å². The predicted octanol–water partition coefficient (Wildman–Crippen LogP) is 3.14.